The molecule has 2 amide bonds. The summed E-state index contributed by atoms with van der Waals surface area (Å²) in [5.74, 6) is -0.0674. The average molecular weight is 338 g/mol. The lowest BCUT2D eigenvalue weighted by Gasteiger charge is -2.41. The van der Waals surface area contributed by atoms with E-state index in [4.69, 9.17) is 11.6 Å². The molecular formula is C17H24ClN3O2. The fourth-order valence-electron chi connectivity index (χ4n) is 2.87. The summed E-state index contributed by atoms with van der Waals surface area (Å²) < 4.78 is 0. The minimum absolute atomic E-state index is 0.0160. The van der Waals surface area contributed by atoms with Crippen molar-refractivity contribution in [1.82, 2.24) is 10.2 Å². The fraction of sp³-hybridized carbons (Fsp3) is 0.529. The molecule has 1 aliphatic rings. The van der Waals surface area contributed by atoms with Crippen molar-refractivity contribution in [1.29, 1.82) is 0 Å². The Hall–Kier alpha value is -1.59. The molecule has 0 aliphatic carbocycles. The topological polar surface area (TPSA) is 52.7 Å². The number of benzene rings is 1. The van der Waals surface area contributed by atoms with Gasteiger partial charge in [-0.15, -0.1) is 0 Å². The molecule has 23 heavy (non-hydrogen) atoms. The third-order valence-corrected chi connectivity index (χ3v) is 4.37. The summed E-state index contributed by atoms with van der Waals surface area (Å²) in [5, 5.41) is 3.52. The number of nitrogens with one attached hydrogen (secondary N) is 1. The highest BCUT2D eigenvalue weighted by atomic mass is 35.5. The number of piperazine rings is 1. The molecule has 0 radical (unpaired) electrons. The van der Waals surface area contributed by atoms with Crippen LogP contribution in [-0.4, -0.2) is 49.4 Å². The molecule has 6 heteroatoms. The first-order valence-electron chi connectivity index (χ1n) is 8.06. The van der Waals surface area contributed by atoms with Gasteiger partial charge in [0, 0.05) is 17.3 Å². The number of amides is 2. The number of likely N-dealkylation sites (N-methyl/N-ethyl adjacent to an activating group) is 1. The predicted octanol–water partition coefficient (Wildman–Crippen LogP) is 2.29. The maximum atomic E-state index is 12.5. The zero-order chi connectivity index (χ0) is 16.8. The van der Waals surface area contributed by atoms with E-state index in [2.05, 4.69) is 12.2 Å². The highest BCUT2D eigenvalue weighted by Gasteiger charge is 2.34. The molecule has 1 fully saturated rings. The molecule has 0 bridgehead atoms. The highest BCUT2D eigenvalue weighted by Crippen LogP contribution is 2.24. The Bertz CT molecular complexity index is 547. The molecule has 0 unspecified atom stereocenters. The molecule has 1 N–H and O–H groups in total. The van der Waals surface area contributed by atoms with Crippen LogP contribution in [0.25, 0.3) is 0 Å². The van der Waals surface area contributed by atoms with Gasteiger partial charge in [0.15, 0.2) is 0 Å². The van der Waals surface area contributed by atoms with Gasteiger partial charge in [-0.3, -0.25) is 9.59 Å². The molecule has 0 spiro atoms. The van der Waals surface area contributed by atoms with Crippen molar-refractivity contribution in [2.75, 3.05) is 31.6 Å². The zero-order valence-corrected chi connectivity index (χ0v) is 14.5. The Morgan fingerprint density at radius 2 is 2.04 bits per heavy atom. The first-order valence-corrected chi connectivity index (χ1v) is 8.44. The van der Waals surface area contributed by atoms with Gasteiger partial charge >= 0.3 is 0 Å². The van der Waals surface area contributed by atoms with Crippen LogP contribution in [0.15, 0.2) is 24.3 Å². The second kappa shape index (κ2) is 8.31. The van der Waals surface area contributed by atoms with E-state index in [1.165, 1.54) is 0 Å². The van der Waals surface area contributed by atoms with Crippen LogP contribution in [0.2, 0.25) is 5.02 Å². The molecule has 0 aromatic heterocycles. The normalized spacial score (nSPS) is 18.4. The lowest BCUT2D eigenvalue weighted by Crippen LogP contribution is -2.59. The molecule has 1 aliphatic heterocycles. The van der Waals surface area contributed by atoms with Crippen LogP contribution in [0.3, 0.4) is 0 Å². The van der Waals surface area contributed by atoms with E-state index in [1.54, 1.807) is 29.0 Å². The molecule has 1 aromatic carbocycles. The largest absolute Gasteiger partial charge is 0.327 e. The summed E-state index contributed by atoms with van der Waals surface area (Å²) >= 11 is 5.92. The van der Waals surface area contributed by atoms with Crippen LogP contribution in [0.4, 0.5) is 5.69 Å². The van der Waals surface area contributed by atoms with Crippen LogP contribution < -0.4 is 10.2 Å². The monoisotopic (exact) mass is 337 g/mol. The van der Waals surface area contributed by atoms with Crippen molar-refractivity contribution in [3.8, 4) is 0 Å². The number of nitrogens with zero attached hydrogens (tertiary/aromatic N) is 2. The summed E-state index contributed by atoms with van der Waals surface area (Å²) in [6.45, 7) is 3.06. The second-order valence-corrected chi connectivity index (χ2v) is 6.27. The predicted molar refractivity (Wildman–Crippen MR) is 92.8 cm³/mol. The Balaban J connectivity index is 2.17. The van der Waals surface area contributed by atoms with Crippen molar-refractivity contribution in [3.63, 3.8) is 0 Å². The Morgan fingerprint density at radius 3 is 2.65 bits per heavy atom. The number of halogens is 1. The Kier molecular flexibility index (Phi) is 6.42. The Labute approximate surface area is 142 Å². The molecule has 1 heterocycles. The summed E-state index contributed by atoms with van der Waals surface area (Å²) in [6.07, 6.45) is 3.01. The summed E-state index contributed by atoms with van der Waals surface area (Å²) in [7, 11) is 1.74. The van der Waals surface area contributed by atoms with E-state index in [1.807, 2.05) is 12.1 Å². The number of hydrogen-bond acceptors (Lipinski definition) is 3. The number of anilines is 1. The average Bonchev–Trinajstić information content (AvgIpc) is 2.54. The number of unbranched alkanes of at least 4 members (excludes halogenated alkanes) is 1. The Morgan fingerprint density at radius 1 is 1.35 bits per heavy atom. The first kappa shape index (κ1) is 17.8. The van der Waals surface area contributed by atoms with Crippen molar-refractivity contribution in [2.24, 2.45) is 0 Å². The molecule has 1 aromatic rings. The van der Waals surface area contributed by atoms with Gasteiger partial charge < -0.3 is 15.1 Å². The fourth-order valence-corrected chi connectivity index (χ4v) is 3.00. The number of carbonyl (C=O) groups excluding carboxylic acids is 2. The highest BCUT2D eigenvalue weighted by molar-refractivity contribution is 6.30. The standard InChI is InChI=1S/C17H24ClN3O2/c1-3-4-5-15-11-20(14-8-6-13(18)7-9-14)17(23)12-21(15)16(22)10-19-2/h6-9,15,19H,3-5,10-12H2,1-2H3/t15-/m1/s1. The van der Waals surface area contributed by atoms with Gasteiger partial charge in [-0.25, -0.2) is 0 Å². The smallest absolute Gasteiger partial charge is 0.246 e. The van der Waals surface area contributed by atoms with Crippen LogP contribution in [0.5, 0.6) is 0 Å². The SMILES string of the molecule is CCCC[C@@H]1CN(c2ccc(Cl)cc2)C(=O)CN1C(=O)CNC. The lowest BCUT2D eigenvalue weighted by atomic mass is 10.0. The van der Waals surface area contributed by atoms with Crippen LogP contribution >= 0.6 is 11.6 Å². The van der Waals surface area contributed by atoms with E-state index < -0.39 is 0 Å². The zero-order valence-electron chi connectivity index (χ0n) is 13.7. The number of hydrogen-bond donors (Lipinski definition) is 1. The maximum absolute atomic E-state index is 12.5. The first-order chi connectivity index (χ1) is 11.1. The van der Waals surface area contributed by atoms with Crippen molar-refractivity contribution in [3.05, 3.63) is 29.3 Å². The van der Waals surface area contributed by atoms with E-state index >= 15 is 0 Å². The maximum Gasteiger partial charge on any atom is 0.246 e. The number of rotatable bonds is 6. The molecular weight excluding hydrogens is 314 g/mol. The van der Waals surface area contributed by atoms with E-state index in [9.17, 15) is 9.59 Å². The third kappa shape index (κ3) is 4.45. The van der Waals surface area contributed by atoms with Crippen molar-refractivity contribution in [2.45, 2.75) is 32.2 Å². The molecule has 5 nitrogen and oxygen atoms in total. The van der Waals surface area contributed by atoms with Gasteiger partial charge in [0.2, 0.25) is 11.8 Å². The van der Waals surface area contributed by atoms with Crippen LogP contribution in [0, 0.1) is 0 Å². The van der Waals surface area contributed by atoms with Gasteiger partial charge in [0.25, 0.3) is 0 Å². The van der Waals surface area contributed by atoms with Crippen molar-refractivity contribution >= 4 is 29.1 Å². The molecule has 0 saturated carbocycles. The van der Waals surface area contributed by atoms with Crippen LogP contribution in [0.1, 0.15) is 26.2 Å². The molecule has 1 saturated heterocycles. The molecule has 126 valence electrons. The summed E-state index contributed by atoms with van der Waals surface area (Å²) in [5.41, 5.74) is 0.835. The van der Waals surface area contributed by atoms with E-state index in [0.717, 1.165) is 24.9 Å². The molecule has 2 rings (SSSR count). The van der Waals surface area contributed by atoms with E-state index in [0.29, 0.717) is 11.6 Å². The second-order valence-electron chi connectivity index (χ2n) is 5.83. The number of carbonyl (C=O) groups is 2. The van der Waals surface area contributed by atoms with Gasteiger partial charge in [-0.05, 0) is 37.7 Å². The van der Waals surface area contributed by atoms with Gasteiger partial charge in [0.1, 0.15) is 6.54 Å². The van der Waals surface area contributed by atoms with Gasteiger partial charge in [-0.1, -0.05) is 31.4 Å². The quantitative estimate of drug-likeness (QED) is 0.866. The third-order valence-electron chi connectivity index (χ3n) is 4.12. The van der Waals surface area contributed by atoms with Gasteiger partial charge in [0.05, 0.1) is 12.6 Å². The van der Waals surface area contributed by atoms with Gasteiger partial charge in [-0.2, -0.15) is 0 Å². The lowest BCUT2D eigenvalue weighted by molar-refractivity contribution is -0.139. The van der Waals surface area contributed by atoms with Crippen LogP contribution in [-0.2, 0) is 9.59 Å². The summed E-state index contributed by atoms with van der Waals surface area (Å²) in [6, 6.07) is 7.32. The van der Waals surface area contributed by atoms with Crippen molar-refractivity contribution < 1.29 is 9.59 Å². The van der Waals surface area contributed by atoms with E-state index in [-0.39, 0.29) is 30.9 Å². The molecule has 1 atom stereocenters. The minimum atomic E-state index is -0.0514. The minimum Gasteiger partial charge on any atom is -0.327 e. The summed E-state index contributed by atoms with van der Waals surface area (Å²) in [4.78, 5) is 28.3.